The molecular weight excluding hydrogens is 512 g/mol. The molecule has 7 nitrogen and oxygen atoms in total. The Morgan fingerprint density at radius 2 is 1.67 bits per heavy atom. The summed E-state index contributed by atoms with van der Waals surface area (Å²) in [6, 6.07) is 28.5. The fourth-order valence-corrected chi connectivity index (χ4v) is 5.07. The van der Waals surface area contributed by atoms with Crippen LogP contribution in [0.1, 0.15) is 18.1 Å². The topological polar surface area (TPSA) is 84.9 Å². The molecule has 1 fully saturated rings. The summed E-state index contributed by atoms with van der Waals surface area (Å²) in [6.45, 7) is 2.32. The molecule has 196 valence electrons. The standard InChI is InChI=1S/C31H26N2O5S/c1-2-37-27-17-21(15-16-26(27)38-20-23-11-8-10-22-9-6-7-14-25(22)23)18-28-30(35)33(31(36)39-28)19-29(34)32-24-12-4-3-5-13-24/h3-18H,2,19-20H2,1H3,(H,32,34)/b28-18+. The van der Waals surface area contributed by atoms with Gasteiger partial charge in [-0.05, 0) is 70.9 Å². The number of benzene rings is 4. The number of nitrogens with one attached hydrogen (secondary N) is 1. The zero-order valence-corrected chi connectivity index (χ0v) is 22.1. The van der Waals surface area contributed by atoms with Crippen LogP contribution in [-0.2, 0) is 16.2 Å². The third-order valence-electron chi connectivity index (χ3n) is 6.06. The molecule has 0 radical (unpaired) electrons. The molecule has 5 rings (SSSR count). The van der Waals surface area contributed by atoms with E-state index in [4.69, 9.17) is 9.47 Å². The van der Waals surface area contributed by atoms with E-state index < -0.39 is 17.1 Å². The molecule has 1 N–H and O–H groups in total. The van der Waals surface area contributed by atoms with Gasteiger partial charge in [-0.25, -0.2) is 0 Å². The monoisotopic (exact) mass is 538 g/mol. The number of thioether (sulfide) groups is 1. The predicted octanol–water partition coefficient (Wildman–Crippen LogP) is 6.49. The molecule has 3 amide bonds. The average molecular weight is 539 g/mol. The van der Waals surface area contributed by atoms with E-state index in [0.717, 1.165) is 33.0 Å². The Hall–Kier alpha value is -4.56. The number of anilines is 1. The Morgan fingerprint density at radius 3 is 2.49 bits per heavy atom. The molecule has 0 saturated carbocycles. The summed E-state index contributed by atoms with van der Waals surface area (Å²) in [6.07, 6.45) is 1.62. The molecular formula is C31H26N2O5S. The minimum atomic E-state index is -0.512. The second kappa shape index (κ2) is 11.9. The summed E-state index contributed by atoms with van der Waals surface area (Å²) in [7, 11) is 0. The SMILES string of the molecule is CCOc1cc(/C=C2/SC(=O)N(CC(=O)Nc3ccccc3)C2=O)ccc1OCc1cccc2ccccc12. The van der Waals surface area contributed by atoms with Crippen LogP contribution >= 0.6 is 11.8 Å². The summed E-state index contributed by atoms with van der Waals surface area (Å²) in [5, 5.41) is 4.47. The normalized spacial score (nSPS) is 14.2. The molecule has 1 aliphatic heterocycles. The highest BCUT2D eigenvalue weighted by molar-refractivity contribution is 8.18. The molecule has 4 aromatic rings. The van der Waals surface area contributed by atoms with Crippen molar-refractivity contribution in [3.05, 3.63) is 107 Å². The lowest BCUT2D eigenvalue weighted by molar-refractivity contribution is -0.127. The Balaban J connectivity index is 1.29. The highest BCUT2D eigenvalue weighted by Crippen LogP contribution is 2.35. The van der Waals surface area contributed by atoms with E-state index in [1.54, 1.807) is 48.5 Å². The van der Waals surface area contributed by atoms with E-state index in [2.05, 4.69) is 23.5 Å². The Bertz CT molecular complexity index is 1560. The molecule has 0 aliphatic carbocycles. The largest absolute Gasteiger partial charge is 0.490 e. The third kappa shape index (κ3) is 6.13. The van der Waals surface area contributed by atoms with E-state index in [9.17, 15) is 14.4 Å². The van der Waals surface area contributed by atoms with Crippen LogP contribution < -0.4 is 14.8 Å². The molecule has 1 heterocycles. The Labute approximate surface area is 230 Å². The van der Waals surface area contributed by atoms with Crippen molar-refractivity contribution in [1.82, 2.24) is 4.90 Å². The Kier molecular flexibility index (Phi) is 7.94. The zero-order chi connectivity index (χ0) is 27.2. The summed E-state index contributed by atoms with van der Waals surface area (Å²) in [5.41, 5.74) is 2.33. The third-order valence-corrected chi connectivity index (χ3v) is 6.97. The predicted molar refractivity (Wildman–Crippen MR) is 154 cm³/mol. The number of carbonyl (C=O) groups excluding carboxylic acids is 3. The van der Waals surface area contributed by atoms with Crippen molar-refractivity contribution in [2.24, 2.45) is 0 Å². The van der Waals surface area contributed by atoms with Crippen molar-refractivity contribution in [3.63, 3.8) is 0 Å². The minimum Gasteiger partial charge on any atom is -0.490 e. The van der Waals surface area contributed by atoms with Gasteiger partial charge in [-0.3, -0.25) is 19.3 Å². The highest BCUT2D eigenvalue weighted by Gasteiger charge is 2.36. The maximum atomic E-state index is 12.9. The number of fused-ring (bicyclic) bond motifs is 1. The lowest BCUT2D eigenvalue weighted by atomic mass is 10.1. The van der Waals surface area contributed by atoms with Crippen LogP contribution in [0.3, 0.4) is 0 Å². The van der Waals surface area contributed by atoms with Crippen molar-refractivity contribution >= 4 is 51.4 Å². The van der Waals surface area contributed by atoms with Crippen molar-refractivity contribution in [2.75, 3.05) is 18.5 Å². The minimum absolute atomic E-state index is 0.236. The number of imide groups is 1. The van der Waals surface area contributed by atoms with Crippen LogP contribution in [0.25, 0.3) is 16.8 Å². The van der Waals surface area contributed by atoms with Gasteiger partial charge < -0.3 is 14.8 Å². The number of hydrogen-bond acceptors (Lipinski definition) is 6. The number of amides is 3. The van der Waals surface area contributed by atoms with Gasteiger partial charge in [0.2, 0.25) is 5.91 Å². The fraction of sp³-hybridized carbons (Fsp3) is 0.129. The molecule has 0 atom stereocenters. The summed E-state index contributed by atoms with van der Waals surface area (Å²) < 4.78 is 12.0. The van der Waals surface area contributed by atoms with E-state index in [0.29, 0.717) is 36.0 Å². The fourth-order valence-electron chi connectivity index (χ4n) is 4.23. The lowest BCUT2D eigenvalue weighted by Crippen LogP contribution is -2.36. The summed E-state index contributed by atoms with van der Waals surface area (Å²) >= 11 is 0.803. The number of nitrogens with zero attached hydrogens (tertiary/aromatic N) is 1. The first-order chi connectivity index (χ1) is 19.0. The summed E-state index contributed by atoms with van der Waals surface area (Å²) in [4.78, 5) is 39.0. The van der Waals surface area contributed by atoms with Gasteiger partial charge >= 0.3 is 0 Å². The van der Waals surface area contributed by atoms with E-state index in [1.807, 2.05) is 37.3 Å². The molecule has 0 bridgehead atoms. The van der Waals surface area contributed by atoms with Crippen molar-refractivity contribution in [2.45, 2.75) is 13.5 Å². The van der Waals surface area contributed by atoms with Crippen molar-refractivity contribution in [3.8, 4) is 11.5 Å². The number of para-hydroxylation sites is 1. The molecule has 0 aromatic heterocycles. The molecule has 1 aliphatic rings. The van der Waals surface area contributed by atoms with Crippen molar-refractivity contribution < 1.29 is 23.9 Å². The van der Waals surface area contributed by atoms with Gasteiger partial charge in [-0.1, -0.05) is 66.7 Å². The first-order valence-electron chi connectivity index (χ1n) is 12.5. The molecule has 4 aromatic carbocycles. The van der Waals surface area contributed by atoms with Gasteiger partial charge in [-0.2, -0.15) is 0 Å². The number of hydrogen-bond donors (Lipinski definition) is 1. The number of carbonyl (C=O) groups is 3. The quantitative estimate of drug-likeness (QED) is 0.245. The maximum absolute atomic E-state index is 12.9. The second-order valence-corrected chi connectivity index (χ2v) is 9.74. The van der Waals surface area contributed by atoms with Crippen LogP contribution in [-0.4, -0.2) is 35.1 Å². The molecule has 8 heteroatoms. The maximum Gasteiger partial charge on any atom is 0.294 e. The van der Waals surface area contributed by atoms with Gasteiger partial charge in [-0.15, -0.1) is 0 Å². The number of ether oxygens (including phenoxy) is 2. The van der Waals surface area contributed by atoms with Gasteiger partial charge in [0.05, 0.1) is 11.5 Å². The van der Waals surface area contributed by atoms with Crippen LogP contribution in [0.2, 0.25) is 0 Å². The smallest absolute Gasteiger partial charge is 0.294 e. The van der Waals surface area contributed by atoms with Crippen LogP contribution in [0.15, 0.2) is 95.9 Å². The molecule has 1 saturated heterocycles. The van der Waals surface area contributed by atoms with Crippen LogP contribution in [0, 0.1) is 0 Å². The molecule has 39 heavy (non-hydrogen) atoms. The highest BCUT2D eigenvalue weighted by atomic mass is 32.2. The van der Waals surface area contributed by atoms with Crippen LogP contribution in [0.4, 0.5) is 10.5 Å². The zero-order valence-electron chi connectivity index (χ0n) is 21.3. The van der Waals surface area contributed by atoms with Gasteiger partial charge in [0, 0.05) is 5.69 Å². The van der Waals surface area contributed by atoms with Gasteiger partial charge in [0.1, 0.15) is 13.2 Å². The molecule has 0 spiro atoms. The van der Waals surface area contributed by atoms with Crippen LogP contribution in [0.5, 0.6) is 11.5 Å². The first kappa shape index (κ1) is 26.1. The average Bonchev–Trinajstić information content (AvgIpc) is 3.20. The van der Waals surface area contributed by atoms with Gasteiger partial charge in [0.15, 0.2) is 11.5 Å². The van der Waals surface area contributed by atoms with E-state index in [-0.39, 0.29) is 11.4 Å². The first-order valence-corrected chi connectivity index (χ1v) is 13.3. The van der Waals surface area contributed by atoms with Gasteiger partial charge in [0.25, 0.3) is 11.1 Å². The molecule has 0 unspecified atom stereocenters. The second-order valence-electron chi connectivity index (χ2n) is 8.75. The lowest BCUT2D eigenvalue weighted by Gasteiger charge is -2.14. The van der Waals surface area contributed by atoms with Crippen molar-refractivity contribution in [1.29, 1.82) is 0 Å². The van der Waals surface area contributed by atoms with E-state index >= 15 is 0 Å². The Morgan fingerprint density at radius 1 is 0.897 bits per heavy atom. The number of rotatable bonds is 9. The summed E-state index contributed by atoms with van der Waals surface area (Å²) in [5.74, 6) is 0.152. The van der Waals surface area contributed by atoms with E-state index in [1.165, 1.54) is 0 Å².